The first-order valence-corrected chi connectivity index (χ1v) is 6.13. The number of aromatic nitrogens is 1. The smallest absolute Gasteiger partial charge is 0.248 e. The number of hydrogen-bond donors (Lipinski definition) is 2. The van der Waals surface area contributed by atoms with E-state index in [1.54, 1.807) is 18.2 Å². The molecule has 1 aromatic heterocycles. The number of aliphatic hydroxyl groups is 1. The summed E-state index contributed by atoms with van der Waals surface area (Å²) in [6, 6.07) is 8.64. The Labute approximate surface area is 111 Å². The van der Waals surface area contributed by atoms with Gasteiger partial charge in [-0.2, -0.15) is 0 Å². The van der Waals surface area contributed by atoms with Gasteiger partial charge in [0.1, 0.15) is 18.5 Å². The van der Waals surface area contributed by atoms with Crippen LogP contribution in [0.5, 0.6) is 5.75 Å². The van der Waals surface area contributed by atoms with Crippen molar-refractivity contribution in [3.05, 3.63) is 40.7 Å². The summed E-state index contributed by atoms with van der Waals surface area (Å²) in [5.74, 6) is 0.678. The Balaban J connectivity index is 2.05. The molecule has 5 heteroatoms. The van der Waals surface area contributed by atoms with Gasteiger partial charge in [-0.15, -0.1) is 0 Å². The molecule has 0 aliphatic heterocycles. The van der Waals surface area contributed by atoms with E-state index in [1.165, 1.54) is 6.07 Å². The molecule has 5 nitrogen and oxygen atoms in total. The molecule has 2 aromatic rings. The normalized spacial score (nSPS) is 12.8. The SMILES string of the molecule is CN(C)CC(O)COc1ccc2[nH]c(=O)ccc2c1. The van der Waals surface area contributed by atoms with Gasteiger partial charge in [0, 0.05) is 23.5 Å². The summed E-state index contributed by atoms with van der Waals surface area (Å²) in [4.78, 5) is 15.8. The highest BCUT2D eigenvalue weighted by Crippen LogP contribution is 2.18. The van der Waals surface area contributed by atoms with Crippen molar-refractivity contribution in [3.8, 4) is 5.75 Å². The van der Waals surface area contributed by atoms with Gasteiger partial charge in [0.2, 0.25) is 5.56 Å². The van der Waals surface area contributed by atoms with Gasteiger partial charge in [-0.1, -0.05) is 0 Å². The number of aromatic amines is 1. The molecule has 0 fully saturated rings. The minimum atomic E-state index is -0.527. The van der Waals surface area contributed by atoms with Crippen LogP contribution in [0, 0.1) is 0 Å². The van der Waals surface area contributed by atoms with Crippen LogP contribution in [0.4, 0.5) is 0 Å². The topological polar surface area (TPSA) is 65.6 Å². The molecule has 1 unspecified atom stereocenters. The summed E-state index contributed by atoms with van der Waals surface area (Å²) in [6.07, 6.45) is -0.527. The molecule has 1 aromatic carbocycles. The van der Waals surface area contributed by atoms with Crippen LogP contribution in [0.1, 0.15) is 0 Å². The Kier molecular flexibility index (Phi) is 4.19. The van der Waals surface area contributed by atoms with Crippen LogP contribution in [-0.4, -0.2) is 48.3 Å². The summed E-state index contributed by atoms with van der Waals surface area (Å²) in [7, 11) is 3.80. The monoisotopic (exact) mass is 262 g/mol. The van der Waals surface area contributed by atoms with E-state index in [2.05, 4.69) is 4.98 Å². The molecular formula is C14H18N2O3. The first-order valence-electron chi connectivity index (χ1n) is 6.13. The second kappa shape index (κ2) is 5.86. The first-order chi connectivity index (χ1) is 9.04. The molecule has 0 saturated heterocycles. The zero-order valence-corrected chi connectivity index (χ0v) is 11.1. The fourth-order valence-corrected chi connectivity index (χ4v) is 1.89. The largest absolute Gasteiger partial charge is 0.491 e. The maximum atomic E-state index is 11.2. The lowest BCUT2D eigenvalue weighted by Gasteiger charge is -2.16. The number of ether oxygens (including phenoxy) is 1. The van der Waals surface area contributed by atoms with Gasteiger partial charge in [-0.25, -0.2) is 0 Å². The van der Waals surface area contributed by atoms with Crippen molar-refractivity contribution in [2.75, 3.05) is 27.2 Å². The molecule has 1 atom stereocenters. The second-order valence-corrected chi connectivity index (χ2v) is 4.80. The summed E-state index contributed by atoms with van der Waals surface area (Å²) in [6.45, 7) is 0.800. The molecule has 0 radical (unpaired) electrons. The Bertz CT molecular complexity index is 607. The summed E-state index contributed by atoms with van der Waals surface area (Å²) in [5.41, 5.74) is 0.649. The zero-order valence-electron chi connectivity index (χ0n) is 11.1. The minimum Gasteiger partial charge on any atom is -0.491 e. The van der Waals surface area contributed by atoms with E-state index in [-0.39, 0.29) is 12.2 Å². The van der Waals surface area contributed by atoms with Gasteiger partial charge >= 0.3 is 0 Å². The van der Waals surface area contributed by atoms with Crippen molar-refractivity contribution in [2.45, 2.75) is 6.10 Å². The van der Waals surface area contributed by atoms with Crippen LogP contribution >= 0.6 is 0 Å². The van der Waals surface area contributed by atoms with Crippen LogP contribution in [0.25, 0.3) is 10.9 Å². The van der Waals surface area contributed by atoms with Gasteiger partial charge in [-0.05, 0) is 38.4 Å². The lowest BCUT2D eigenvalue weighted by atomic mass is 10.2. The van der Waals surface area contributed by atoms with E-state index in [4.69, 9.17) is 4.74 Å². The average Bonchev–Trinajstić information content (AvgIpc) is 2.35. The molecule has 0 spiro atoms. The molecule has 19 heavy (non-hydrogen) atoms. The number of aliphatic hydroxyl groups excluding tert-OH is 1. The standard InChI is InChI=1S/C14H18N2O3/c1-16(2)8-11(17)9-19-12-4-5-13-10(7-12)3-6-14(18)15-13/h3-7,11,17H,8-9H2,1-2H3,(H,15,18). The molecular weight excluding hydrogens is 244 g/mol. The lowest BCUT2D eigenvalue weighted by Crippen LogP contribution is -2.30. The summed E-state index contributed by atoms with van der Waals surface area (Å²) >= 11 is 0. The predicted octanol–water partition coefficient (Wildman–Crippen LogP) is 0.829. The number of hydrogen-bond acceptors (Lipinski definition) is 4. The van der Waals surface area contributed by atoms with E-state index in [9.17, 15) is 9.90 Å². The van der Waals surface area contributed by atoms with Crippen LogP contribution in [0.15, 0.2) is 35.1 Å². The molecule has 0 amide bonds. The Morgan fingerprint density at radius 2 is 2.11 bits per heavy atom. The number of benzene rings is 1. The van der Waals surface area contributed by atoms with Crippen LogP contribution < -0.4 is 10.3 Å². The van der Waals surface area contributed by atoms with Gasteiger partial charge in [0.15, 0.2) is 0 Å². The third-order valence-corrected chi connectivity index (χ3v) is 2.71. The number of likely N-dealkylation sites (N-methyl/N-ethyl adjacent to an activating group) is 1. The Hall–Kier alpha value is -1.85. The molecule has 2 rings (SSSR count). The van der Waals surface area contributed by atoms with Gasteiger partial charge in [-0.3, -0.25) is 4.79 Å². The summed E-state index contributed by atoms with van der Waals surface area (Å²) in [5, 5.41) is 10.6. The van der Waals surface area contributed by atoms with Gasteiger partial charge in [0.25, 0.3) is 0 Å². The fourth-order valence-electron chi connectivity index (χ4n) is 1.89. The van der Waals surface area contributed by atoms with Crippen molar-refractivity contribution in [1.82, 2.24) is 9.88 Å². The third kappa shape index (κ3) is 3.81. The van der Waals surface area contributed by atoms with Crippen LogP contribution in [-0.2, 0) is 0 Å². The minimum absolute atomic E-state index is 0.123. The maximum Gasteiger partial charge on any atom is 0.248 e. The van der Waals surface area contributed by atoms with Crippen molar-refractivity contribution in [1.29, 1.82) is 0 Å². The highest BCUT2D eigenvalue weighted by Gasteiger charge is 2.06. The number of pyridine rings is 1. The van der Waals surface area contributed by atoms with E-state index in [0.29, 0.717) is 12.3 Å². The molecule has 0 aliphatic carbocycles. The van der Waals surface area contributed by atoms with Crippen molar-refractivity contribution in [3.63, 3.8) is 0 Å². The number of nitrogens with zero attached hydrogens (tertiary/aromatic N) is 1. The predicted molar refractivity (Wildman–Crippen MR) is 74.6 cm³/mol. The van der Waals surface area contributed by atoms with Crippen molar-refractivity contribution < 1.29 is 9.84 Å². The van der Waals surface area contributed by atoms with E-state index < -0.39 is 6.10 Å². The molecule has 2 N–H and O–H groups in total. The highest BCUT2D eigenvalue weighted by atomic mass is 16.5. The van der Waals surface area contributed by atoms with E-state index in [0.717, 1.165) is 10.9 Å². The zero-order chi connectivity index (χ0) is 13.8. The summed E-state index contributed by atoms with van der Waals surface area (Å²) < 4.78 is 5.54. The number of H-pyrrole nitrogens is 1. The Morgan fingerprint density at radius 3 is 2.84 bits per heavy atom. The number of nitrogens with one attached hydrogen (secondary N) is 1. The van der Waals surface area contributed by atoms with Crippen LogP contribution in [0.3, 0.4) is 0 Å². The van der Waals surface area contributed by atoms with Crippen molar-refractivity contribution >= 4 is 10.9 Å². The first kappa shape index (κ1) is 13.6. The van der Waals surface area contributed by atoms with Gasteiger partial charge in [0.05, 0.1) is 0 Å². The third-order valence-electron chi connectivity index (χ3n) is 2.71. The average molecular weight is 262 g/mol. The quantitative estimate of drug-likeness (QED) is 0.837. The number of fused-ring (bicyclic) bond motifs is 1. The van der Waals surface area contributed by atoms with E-state index >= 15 is 0 Å². The molecule has 0 saturated carbocycles. The molecule has 1 heterocycles. The molecule has 0 bridgehead atoms. The second-order valence-electron chi connectivity index (χ2n) is 4.80. The van der Waals surface area contributed by atoms with Gasteiger partial charge < -0.3 is 19.7 Å². The fraction of sp³-hybridized carbons (Fsp3) is 0.357. The van der Waals surface area contributed by atoms with Crippen molar-refractivity contribution in [2.24, 2.45) is 0 Å². The lowest BCUT2D eigenvalue weighted by molar-refractivity contribution is 0.0832. The maximum absolute atomic E-state index is 11.2. The molecule has 0 aliphatic rings. The molecule has 102 valence electrons. The van der Waals surface area contributed by atoms with Crippen LogP contribution in [0.2, 0.25) is 0 Å². The van der Waals surface area contributed by atoms with E-state index in [1.807, 2.05) is 25.1 Å². The number of rotatable bonds is 5. The Morgan fingerprint density at radius 1 is 1.32 bits per heavy atom. The highest BCUT2D eigenvalue weighted by molar-refractivity contribution is 5.79.